The second kappa shape index (κ2) is 13.1. The molecule has 0 fully saturated rings. The molecule has 0 radical (unpaired) electrons. The molecule has 190 valence electrons. The van der Waals surface area contributed by atoms with Crippen molar-refractivity contribution in [2.24, 2.45) is 0 Å². The quantitative estimate of drug-likeness (QED) is 0.315. The summed E-state index contributed by atoms with van der Waals surface area (Å²) in [7, 11) is -4.02. The fraction of sp³-hybridized carbons (Fsp3) is 0.200. The Morgan fingerprint density at radius 3 is 2.17 bits per heavy atom. The highest BCUT2D eigenvalue weighted by Gasteiger charge is 2.27. The molecule has 1 amide bonds. The zero-order chi connectivity index (χ0) is 26.0. The molecule has 36 heavy (non-hydrogen) atoms. The molecule has 11 heteroatoms. The molecule has 0 heterocycles. The van der Waals surface area contributed by atoms with E-state index >= 15 is 0 Å². The van der Waals surface area contributed by atoms with Crippen LogP contribution >= 0.6 is 15.9 Å². The molecule has 3 aromatic carbocycles. The zero-order valence-electron chi connectivity index (χ0n) is 19.3. The van der Waals surface area contributed by atoms with E-state index in [0.29, 0.717) is 17.2 Å². The van der Waals surface area contributed by atoms with Crippen molar-refractivity contribution >= 4 is 43.5 Å². The highest BCUT2D eigenvalue weighted by Crippen LogP contribution is 2.18. The molecular formula is C25H25BrN2O7S. The third-order valence-electron chi connectivity index (χ3n) is 4.68. The van der Waals surface area contributed by atoms with Gasteiger partial charge in [0.25, 0.3) is 0 Å². The molecule has 2 N–H and O–H groups in total. The summed E-state index contributed by atoms with van der Waals surface area (Å²) in [6.45, 7) is 1.48. The highest BCUT2D eigenvalue weighted by molar-refractivity contribution is 9.10. The molecule has 0 spiro atoms. The summed E-state index contributed by atoms with van der Waals surface area (Å²) in [4.78, 5) is 24.5. The number of carbonyl (C=O) groups excluding carboxylic acids is 2. The van der Waals surface area contributed by atoms with Crippen molar-refractivity contribution < 1.29 is 32.2 Å². The van der Waals surface area contributed by atoms with E-state index < -0.39 is 27.9 Å². The van der Waals surface area contributed by atoms with Crippen LogP contribution in [-0.4, -0.2) is 46.2 Å². The second-order valence-corrected chi connectivity index (χ2v) is 9.99. The molecule has 1 atom stereocenters. The van der Waals surface area contributed by atoms with Gasteiger partial charge in [-0.3, -0.25) is 4.79 Å². The number of sulfonamides is 1. The minimum atomic E-state index is -4.02. The maximum atomic E-state index is 13.1. The van der Waals surface area contributed by atoms with Crippen LogP contribution in [0.3, 0.4) is 0 Å². The van der Waals surface area contributed by atoms with Gasteiger partial charge >= 0.3 is 5.97 Å². The van der Waals surface area contributed by atoms with Gasteiger partial charge in [-0.15, -0.1) is 0 Å². The van der Waals surface area contributed by atoms with Crippen LogP contribution in [0, 0.1) is 0 Å². The molecule has 0 bridgehead atoms. The van der Waals surface area contributed by atoms with E-state index in [4.69, 9.17) is 14.2 Å². The van der Waals surface area contributed by atoms with Gasteiger partial charge in [0.15, 0.2) is 6.61 Å². The number of nitrogens with one attached hydrogen (secondary N) is 2. The van der Waals surface area contributed by atoms with Crippen molar-refractivity contribution in [1.82, 2.24) is 4.72 Å². The lowest BCUT2D eigenvalue weighted by Gasteiger charge is -2.19. The van der Waals surface area contributed by atoms with Gasteiger partial charge in [0.2, 0.25) is 15.9 Å². The summed E-state index contributed by atoms with van der Waals surface area (Å²) in [6, 6.07) is 19.8. The fourth-order valence-electron chi connectivity index (χ4n) is 2.94. The third-order valence-corrected chi connectivity index (χ3v) is 6.70. The number of anilines is 1. The molecule has 0 aromatic heterocycles. The lowest BCUT2D eigenvalue weighted by molar-refractivity contribution is -0.145. The van der Waals surface area contributed by atoms with Crippen molar-refractivity contribution in [3.8, 4) is 11.5 Å². The van der Waals surface area contributed by atoms with Crippen LogP contribution in [0.25, 0.3) is 0 Å². The normalized spacial score (nSPS) is 11.8. The lowest BCUT2D eigenvalue weighted by atomic mass is 10.2. The van der Waals surface area contributed by atoms with Crippen LogP contribution in [0.5, 0.6) is 11.5 Å². The molecule has 3 aromatic rings. The maximum absolute atomic E-state index is 13.1. The van der Waals surface area contributed by atoms with Crippen molar-refractivity contribution in [2.75, 3.05) is 25.1 Å². The Balaban J connectivity index is 1.70. The second-order valence-electron chi connectivity index (χ2n) is 7.36. The van der Waals surface area contributed by atoms with Gasteiger partial charge in [0, 0.05) is 10.2 Å². The van der Waals surface area contributed by atoms with Crippen molar-refractivity contribution in [3.63, 3.8) is 0 Å². The fourth-order valence-corrected chi connectivity index (χ4v) is 4.38. The third kappa shape index (κ3) is 8.36. The number of hydrogen-bond donors (Lipinski definition) is 2. The molecule has 0 aliphatic rings. The van der Waals surface area contributed by atoms with Crippen LogP contribution in [0.15, 0.2) is 88.2 Å². The number of rotatable bonds is 12. The van der Waals surface area contributed by atoms with Gasteiger partial charge in [-0.25, -0.2) is 13.2 Å². The Morgan fingerprint density at radius 2 is 1.53 bits per heavy atom. The molecule has 0 aliphatic heterocycles. The summed E-state index contributed by atoms with van der Waals surface area (Å²) in [5.74, 6) is -0.219. The first kappa shape index (κ1) is 27.2. The predicted molar refractivity (Wildman–Crippen MR) is 137 cm³/mol. The van der Waals surface area contributed by atoms with E-state index in [1.165, 1.54) is 12.1 Å². The molecule has 9 nitrogen and oxygen atoms in total. The van der Waals surface area contributed by atoms with Crippen LogP contribution in [0.4, 0.5) is 5.69 Å². The van der Waals surface area contributed by atoms with Crippen LogP contribution in [0.2, 0.25) is 0 Å². The number of hydrogen-bond acceptors (Lipinski definition) is 7. The van der Waals surface area contributed by atoms with Crippen LogP contribution in [0.1, 0.15) is 6.92 Å². The number of amides is 1. The number of carbonyl (C=O) groups is 2. The van der Waals surface area contributed by atoms with Gasteiger partial charge in [-0.05, 0) is 67.6 Å². The monoisotopic (exact) mass is 576 g/mol. The Labute approximate surface area is 217 Å². The van der Waals surface area contributed by atoms with E-state index in [1.807, 2.05) is 6.07 Å². The van der Waals surface area contributed by atoms with E-state index in [9.17, 15) is 18.0 Å². The van der Waals surface area contributed by atoms with E-state index in [-0.39, 0.29) is 24.7 Å². The summed E-state index contributed by atoms with van der Waals surface area (Å²) >= 11 is 3.27. The first-order valence-electron chi connectivity index (χ1n) is 10.9. The number of benzene rings is 3. The summed E-state index contributed by atoms with van der Waals surface area (Å²) in [5.41, 5.74) is 0.399. The Hall–Kier alpha value is -3.41. The zero-order valence-corrected chi connectivity index (χ0v) is 21.8. The summed E-state index contributed by atoms with van der Waals surface area (Å²) < 4.78 is 44.8. The molecule has 0 aliphatic carbocycles. The average molecular weight is 577 g/mol. The van der Waals surface area contributed by atoms with Crippen LogP contribution in [-0.2, 0) is 24.3 Å². The van der Waals surface area contributed by atoms with Gasteiger partial charge in [0.1, 0.15) is 24.1 Å². The number of halogens is 1. The van der Waals surface area contributed by atoms with Gasteiger partial charge in [-0.2, -0.15) is 4.72 Å². The van der Waals surface area contributed by atoms with Gasteiger partial charge in [0.05, 0.1) is 11.5 Å². The maximum Gasteiger partial charge on any atom is 0.344 e. The van der Waals surface area contributed by atoms with Gasteiger partial charge < -0.3 is 19.5 Å². The van der Waals surface area contributed by atoms with E-state index in [1.54, 1.807) is 67.6 Å². The number of para-hydroxylation sites is 1. The predicted octanol–water partition coefficient (Wildman–Crippen LogP) is 3.76. The van der Waals surface area contributed by atoms with E-state index in [2.05, 4.69) is 26.0 Å². The molecule has 0 unspecified atom stereocenters. The first-order chi connectivity index (χ1) is 17.3. The van der Waals surface area contributed by atoms with Crippen molar-refractivity contribution in [3.05, 3.63) is 83.3 Å². The average Bonchev–Trinajstić information content (AvgIpc) is 2.87. The number of ether oxygens (including phenoxy) is 3. The largest absolute Gasteiger partial charge is 0.491 e. The first-order valence-corrected chi connectivity index (χ1v) is 13.2. The molecule has 0 saturated carbocycles. The highest BCUT2D eigenvalue weighted by atomic mass is 79.9. The van der Waals surface area contributed by atoms with Crippen LogP contribution < -0.4 is 19.5 Å². The van der Waals surface area contributed by atoms with Gasteiger partial charge in [-0.1, -0.05) is 34.1 Å². The molecule has 0 saturated heterocycles. The lowest BCUT2D eigenvalue weighted by Crippen LogP contribution is -2.47. The van der Waals surface area contributed by atoms with E-state index in [0.717, 1.165) is 4.47 Å². The Bertz CT molecular complexity index is 1250. The number of esters is 1. The topological polar surface area (TPSA) is 120 Å². The van der Waals surface area contributed by atoms with Crippen molar-refractivity contribution in [2.45, 2.75) is 17.9 Å². The minimum absolute atomic E-state index is 0.00584. The Morgan fingerprint density at radius 1 is 0.889 bits per heavy atom. The Kier molecular flexibility index (Phi) is 9.86. The SMILES string of the molecule is CCOC(=O)COc1ccc(NC(=O)[C@H](COc2ccccc2)NS(=O)(=O)c2ccc(Br)cc2)cc1. The molecular weight excluding hydrogens is 552 g/mol. The smallest absolute Gasteiger partial charge is 0.344 e. The molecule has 3 rings (SSSR count). The minimum Gasteiger partial charge on any atom is -0.491 e. The standard InChI is InChI=1S/C25H25BrN2O7S/c1-2-33-24(29)17-35-21-12-10-19(11-13-21)27-25(30)23(16-34-20-6-4-3-5-7-20)28-36(31,32)22-14-8-18(26)9-15-22/h3-15,23,28H,2,16-17H2,1H3,(H,27,30)/t23-/m0/s1. The van der Waals surface area contributed by atoms with Crippen molar-refractivity contribution in [1.29, 1.82) is 0 Å². The summed E-state index contributed by atoms with van der Waals surface area (Å²) in [6.07, 6.45) is 0. The summed E-state index contributed by atoms with van der Waals surface area (Å²) in [5, 5.41) is 2.67.